The second kappa shape index (κ2) is 10.1. The quantitative estimate of drug-likeness (QED) is 0.750. The molecule has 29 heavy (non-hydrogen) atoms. The highest BCUT2D eigenvalue weighted by Gasteiger charge is 2.26. The molecule has 1 atom stereocenters. The van der Waals surface area contributed by atoms with Gasteiger partial charge in [-0.15, -0.1) is 0 Å². The fourth-order valence-corrected chi connectivity index (χ4v) is 3.31. The minimum atomic E-state index is -0.333. The Hall–Kier alpha value is -2.77. The van der Waals surface area contributed by atoms with Crippen LogP contribution in [0.2, 0.25) is 0 Å². The second-order valence-corrected chi connectivity index (χ2v) is 7.25. The average Bonchev–Trinajstić information content (AvgIpc) is 2.74. The first-order chi connectivity index (χ1) is 14.0. The van der Waals surface area contributed by atoms with Crippen molar-refractivity contribution in [1.82, 2.24) is 15.1 Å². The summed E-state index contributed by atoms with van der Waals surface area (Å²) >= 11 is 0. The minimum absolute atomic E-state index is 0.00408. The monoisotopic (exact) mass is 398 g/mol. The summed E-state index contributed by atoms with van der Waals surface area (Å²) in [6.07, 6.45) is 0. The molecule has 1 saturated heterocycles. The summed E-state index contributed by atoms with van der Waals surface area (Å²) in [7, 11) is 0. The third kappa shape index (κ3) is 6.37. The van der Waals surface area contributed by atoms with Crippen molar-refractivity contribution in [2.75, 3.05) is 38.0 Å². The Labute approximate surface area is 170 Å². The summed E-state index contributed by atoms with van der Waals surface area (Å²) in [4.78, 5) is 28.8. The number of nitrogens with one attached hydrogen (secondary N) is 2. The third-order valence-electron chi connectivity index (χ3n) is 5.15. The van der Waals surface area contributed by atoms with Gasteiger partial charge >= 0.3 is 0 Å². The highest BCUT2D eigenvalue weighted by atomic mass is 19.1. The lowest BCUT2D eigenvalue weighted by Crippen LogP contribution is -2.54. The predicted molar refractivity (Wildman–Crippen MR) is 111 cm³/mol. The normalized spacial score (nSPS) is 16.2. The van der Waals surface area contributed by atoms with E-state index in [4.69, 9.17) is 0 Å². The molecule has 1 fully saturated rings. The molecule has 1 aliphatic heterocycles. The second-order valence-electron chi connectivity index (χ2n) is 7.25. The van der Waals surface area contributed by atoms with Crippen molar-refractivity contribution in [1.29, 1.82) is 0 Å². The standard InChI is InChI=1S/C22H27FN4O2/c1-17(22(29)25-20-9-7-19(23)8-10-20)27-13-11-26(12-14-27)16-21(28)24-15-18-5-3-2-4-6-18/h2-10,17H,11-16H2,1H3,(H,24,28)(H,25,29)/t17-/m1/s1. The number of carbonyl (C=O) groups excluding carboxylic acids is 2. The summed E-state index contributed by atoms with van der Waals surface area (Å²) in [6.45, 7) is 5.63. The molecular weight excluding hydrogens is 371 g/mol. The van der Waals surface area contributed by atoms with Crippen LogP contribution < -0.4 is 10.6 Å². The highest BCUT2D eigenvalue weighted by Crippen LogP contribution is 2.12. The zero-order valence-electron chi connectivity index (χ0n) is 16.6. The van der Waals surface area contributed by atoms with E-state index in [1.54, 1.807) is 12.1 Å². The third-order valence-corrected chi connectivity index (χ3v) is 5.15. The van der Waals surface area contributed by atoms with Crippen molar-refractivity contribution in [3.05, 3.63) is 66.0 Å². The SMILES string of the molecule is C[C@H](C(=O)Nc1ccc(F)cc1)N1CCN(CC(=O)NCc2ccccc2)CC1. The van der Waals surface area contributed by atoms with E-state index in [1.807, 2.05) is 37.3 Å². The molecule has 2 N–H and O–H groups in total. The first kappa shape index (κ1) is 21.0. The van der Waals surface area contributed by atoms with E-state index < -0.39 is 0 Å². The van der Waals surface area contributed by atoms with Gasteiger partial charge in [-0.1, -0.05) is 30.3 Å². The molecule has 6 nitrogen and oxygen atoms in total. The van der Waals surface area contributed by atoms with E-state index in [-0.39, 0.29) is 23.7 Å². The van der Waals surface area contributed by atoms with Crippen LogP contribution in [0, 0.1) is 5.82 Å². The summed E-state index contributed by atoms with van der Waals surface area (Å²) < 4.78 is 13.0. The van der Waals surface area contributed by atoms with E-state index in [0.717, 1.165) is 18.7 Å². The molecule has 0 bridgehead atoms. The number of benzene rings is 2. The van der Waals surface area contributed by atoms with Gasteiger partial charge in [0, 0.05) is 38.4 Å². The Morgan fingerprint density at radius 3 is 2.31 bits per heavy atom. The van der Waals surface area contributed by atoms with Crippen molar-refractivity contribution in [2.45, 2.75) is 19.5 Å². The van der Waals surface area contributed by atoms with Crippen LogP contribution in [0.4, 0.5) is 10.1 Å². The number of anilines is 1. The fraction of sp³-hybridized carbons (Fsp3) is 0.364. The first-order valence-corrected chi connectivity index (χ1v) is 9.85. The zero-order valence-corrected chi connectivity index (χ0v) is 16.6. The lowest BCUT2D eigenvalue weighted by atomic mass is 10.2. The Morgan fingerprint density at radius 1 is 1.00 bits per heavy atom. The van der Waals surface area contributed by atoms with Crippen LogP contribution in [0.3, 0.4) is 0 Å². The van der Waals surface area contributed by atoms with E-state index in [9.17, 15) is 14.0 Å². The molecule has 2 amide bonds. The zero-order chi connectivity index (χ0) is 20.6. The van der Waals surface area contributed by atoms with Crippen molar-refractivity contribution in [3.8, 4) is 0 Å². The maximum Gasteiger partial charge on any atom is 0.241 e. The number of rotatable bonds is 7. The van der Waals surface area contributed by atoms with Crippen LogP contribution >= 0.6 is 0 Å². The summed E-state index contributed by atoms with van der Waals surface area (Å²) in [5.74, 6) is -0.449. The summed E-state index contributed by atoms with van der Waals surface area (Å²) in [6, 6.07) is 15.3. The highest BCUT2D eigenvalue weighted by molar-refractivity contribution is 5.94. The number of halogens is 1. The molecule has 0 radical (unpaired) electrons. The van der Waals surface area contributed by atoms with Gasteiger partial charge in [0.1, 0.15) is 5.82 Å². The smallest absolute Gasteiger partial charge is 0.241 e. The average molecular weight is 398 g/mol. The van der Waals surface area contributed by atoms with Gasteiger partial charge in [-0.2, -0.15) is 0 Å². The van der Waals surface area contributed by atoms with Gasteiger partial charge in [0.2, 0.25) is 11.8 Å². The number of amides is 2. The first-order valence-electron chi connectivity index (χ1n) is 9.85. The minimum Gasteiger partial charge on any atom is -0.351 e. The van der Waals surface area contributed by atoms with Crippen LogP contribution in [-0.2, 0) is 16.1 Å². The van der Waals surface area contributed by atoms with Crippen molar-refractivity contribution < 1.29 is 14.0 Å². The lowest BCUT2D eigenvalue weighted by molar-refractivity contribution is -0.124. The van der Waals surface area contributed by atoms with Crippen LogP contribution in [-0.4, -0.2) is 60.4 Å². The van der Waals surface area contributed by atoms with E-state index in [2.05, 4.69) is 20.4 Å². The molecule has 0 aliphatic carbocycles. The molecule has 154 valence electrons. The largest absolute Gasteiger partial charge is 0.351 e. The number of nitrogens with zero attached hydrogens (tertiary/aromatic N) is 2. The topological polar surface area (TPSA) is 64.7 Å². The summed E-state index contributed by atoms with van der Waals surface area (Å²) in [5, 5.41) is 5.76. The van der Waals surface area contributed by atoms with E-state index in [1.165, 1.54) is 12.1 Å². The molecule has 1 heterocycles. The van der Waals surface area contributed by atoms with Crippen molar-refractivity contribution in [2.24, 2.45) is 0 Å². The van der Waals surface area contributed by atoms with Gasteiger partial charge in [-0.05, 0) is 36.8 Å². The van der Waals surface area contributed by atoms with Gasteiger partial charge in [0.05, 0.1) is 12.6 Å². The van der Waals surface area contributed by atoms with Crippen LogP contribution in [0.25, 0.3) is 0 Å². The molecule has 0 spiro atoms. The van der Waals surface area contributed by atoms with Crippen molar-refractivity contribution in [3.63, 3.8) is 0 Å². The molecule has 0 saturated carbocycles. The van der Waals surface area contributed by atoms with Gasteiger partial charge in [-0.3, -0.25) is 19.4 Å². The van der Waals surface area contributed by atoms with Gasteiger partial charge in [0.25, 0.3) is 0 Å². The Bertz CT molecular complexity index is 805. The van der Waals surface area contributed by atoms with Crippen LogP contribution in [0.1, 0.15) is 12.5 Å². The number of hydrogen-bond acceptors (Lipinski definition) is 4. The molecule has 2 aromatic rings. The number of hydrogen-bond donors (Lipinski definition) is 2. The Morgan fingerprint density at radius 2 is 1.66 bits per heavy atom. The molecular formula is C22H27FN4O2. The van der Waals surface area contributed by atoms with Gasteiger partial charge < -0.3 is 10.6 Å². The van der Waals surface area contributed by atoms with Crippen LogP contribution in [0.5, 0.6) is 0 Å². The molecule has 1 aliphatic rings. The van der Waals surface area contributed by atoms with E-state index in [0.29, 0.717) is 31.9 Å². The van der Waals surface area contributed by atoms with E-state index >= 15 is 0 Å². The van der Waals surface area contributed by atoms with Crippen molar-refractivity contribution >= 4 is 17.5 Å². The molecule has 0 unspecified atom stereocenters. The predicted octanol–water partition coefficient (Wildman–Crippen LogP) is 2.09. The molecule has 0 aromatic heterocycles. The Kier molecular flexibility index (Phi) is 7.32. The number of piperazine rings is 1. The Balaban J connectivity index is 1.39. The van der Waals surface area contributed by atoms with Gasteiger partial charge in [-0.25, -0.2) is 4.39 Å². The van der Waals surface area contributed by atoms with Crippen LogP contribution in [0.15, 0.2) is 54.6 Å². The maximum absolute atomic E-state index is 13.0. The maximum atomic E-state index is 13.0. The summed E-state index contributed by atoms with van der Waals surface area (Å²) in [5.41, 5.74) is 1.66. The fourth-order valence-electron chi connectivity index (χ4n) is 3.31. The lowest BCUT2D eigenvalue weighted by Gasteiger charge is -2.37. The molecule has 3 rings (SSSR count). The van der Waals surface area contributed by atoms with Gasteiger partial charge in [0.15, 0.2) is 0 Å². The molecule has 7 heteroatoms. The molecule has 2 aromatic carbocycles. The number of carbonyl (C=O) groups is 2.